The lowest BCUT2D eigenvalue weighted by molar-refractivity contribution is -0.133. The summed E-state index contributed by atoms with van der Waals surface area (Å²) >= 11 is 0. The van der Waals surface area contributed by atoms with Gasteiger partial charge in [-0.15, -0.1) is 0 Å². The molecule has 0 spiro atoms. The number of hydrogen-bond acceptors (Lipinski definition) is 4. The van der Waals surface area contributed by atoms with Crippen molar-refractivity contribution in [3.63, 3.8) is 0 Å². The number of nitrogens with one attached hydrogen (secondary N) is 1. The summed E-state index contributed by atoms with van der Waals surface area (Å²) in [5, 5.41) is 0. The van der Waals surface area contributed by atoms with Crippen LogP contribution in [0, 0.1) is 0 Å². The van der Waals surface area contributed by atoms with Crippen molar-refractivity contribution in [1.82, 2.24) is 10.4 Å². The van der Waals surface area contributed by atoms with E-state index in [2.05, 4.69) is 5.48 Å². The van der Waals surface area contributed by atoms with Crippen LogP contribution in [0.3, 0.4) is 0 Å². The quantitative estimate of drug-likeness (QED) is 0.759. The smallest absolute Gasteiger partial charge is 0.257 e. The van der Waals surface area contributed by atoms with Crippen LogP contribution in [-0.2, 0) is 16.2 Å². The molecule has 0 bridgehead atoms. The highest BCUT2D eigenvalue weighted by molar-refractivity contribution is 5.94. The van der Waals surface area contributed by atoms with E-state index in [1.807, 2.05) is 30.3 Å². The molecular formula is C17H20N2O4. The van der Waals surface area contributed by atoms with Gasteiger partial charge in [0.25, 0.3) is 5.91 Å². The molecule has 1 heterocycles. The van der Waals surface area contributed by atoms with E-state index < -0.39 is 0 Å². The summed E-state index contributed by atoms with van der Waals surface area (Å²) in [5.74, 6) is -0.434. The van der Waals surface area contributed by atoms with Crippen molar-refractivity contribution >= 4 is 11.8 Å². The second-order valence-corrected chi connectivity index (χ2v) is 4.93. The molecule has 1 N–H and O–H groups in total. The van der Waals surface area contributed by atoms with Gasteiger partial charge in [-0.25, -0.2) is 5.48 Å². The van der Waals surface area contributed by atoms with Crippen molar-refractivity contribution in [2.75, 3.05) is 13.2 Å². The van der Waals surface area contributed by atoms with E-state index in [4.69, 9.17) is 9.25 Å². The molecule has 0 saturated carbocycles. The molecule has 1 aromatic heterocycles. The van der Waals surface area contributed by atoms with E-state index in [0.717, 1.165) is 5.56 Å². The fraction of sp³-hybridized carbons (Fsp3) is 0.294. The summed E-state index contributed by atoms with van der Waals surface area (Å²) in [6, 6.07) is 11.2. The highest BCUT2D eigenvalue weighted by Gasteiger charge is 2.18. The minimum atomic E-state index is -0.259. The number of furan rings is 1. The molecular weight excluding hydrogens is 296 g/mol. The second-order valence-electron chi connectivity index (χ2n) is 4.93. The van der Waals surface area contributed by atoms with Gasteiger partial charge in [0.1, 0.15) is 6.26 Å². The van der Waals surface area contributed by atoms with E-state index in [9.17, 15) is 9.59 Å². The standard InChI is InChI=1S/C17H20N2O4/c1-2-23-18-16(20)8-10-19(12-14-6-4-3-5-7-14)17(21)15-9-11-22-13-15/h3-7,9,11,13H,2,8,10,12H2,1H3,(H,18,20). The largest absolute Gasteiger partial charge is 0.472 e. The lowest BCUT2D eigenvalue weighted by Crippen LogP contribution is -2.34. The molecule has 23 heavy (non-hydrogen) atoms. The molecule has 0 aliphatic heterocycles. The van der Waals surface area contributed by atoms with Crippen LogP contribution in [0.5, 0.6) is 0 Å². The lowest BCUT2D eigenvalue weighted by atomic mass is 10.2. The van der Waals surface area contributed by atoms with Crippen molar-refractivity contribution < 1.29 is 18.8 Å². The first-order chi connectivity index (χ1) is 11.2. The summed E-state index contributed by atoms with van der Waals surface area (Å²) < 4.78 is 4.97. The number of amides is 2. The number of hydrogen-bond donors (Lipinski definition) is 1. The molecule has 2 aromatic rings. The van der Waals surface area contributed by atoms with Crippen LogP contribution in [0.25, 0.3) is 0 Å². The number of carbonyl (C=O) groups excluding carboxylic acids is 2. The molecule has 0 radical (unpaired) electrons. The summed E-state index contributed by atoms with van der Waals surface area (Å²) in [7, 11) is 0. The monoisotopic (exact) mass is 316 g/mol. The Morgan fingerprint density at radius 2 is 2.00 bits per heavy atom. The Morgan fingerprint density at radius 1 is 1.22 bits per heavy atom. The molecule has 1 aromatic carbocycles. The minimum absolute atomic E-state index is 0.163. The van der Waals surface area contributed by atoms with Gasteiger partial charge < -0.3 is 9.32 Å². The third-order valence-corrected chi connectivity index (χ3v) is 3.21. The van der Waals surface area contributed by atoms with Gasteiger partial charge in [-0.3, -0.25) is 14.4 Å². The van der Waals surface area contributed by atoms with Gasteiger partial charge in [-0.1, -0.05) is 30.3 Å². The fourth-order valence-corrected chi connectivity index (χ4v) is 2.07. The lowest BCUT2D eigenvalue weighted by Gasteiger charge is -2.22. The molecule has 6 heteroatoms. The highest BCUT2D eigenvalue weighted by Crippen LogP contribution is 2.11. The number of benzene rings is 1. The average Bonchev–Trinajstić information content (AvgIpc) is 3.11. The third kappa shape index (κ3) is 5.27. The van der Waals surface area contributed by atoms with E-state index in [0.29, 0.717) is 18.7 Å². The van der Waals surface area contributed by atoms with Crippen LogP contribution >= 0.6 is 0 Å². The first-order valence-corrected chi connectivity index (χ1v) is 7.46. The Morgan fingerprint density at radius 3 is 2.65 bits per heavy atom. The maximum Gasteiger partial charge on any atom is 0.257 e. The Kier molecular flexibility index (Phi) is 6.38. The predicted octanol–water partition coefficient (Wildman–Crippen LogP) is 2.38. The van der Waals surface area contributed by atoms with Gasteiger partial charge in [-0.05, 0) is 18.6 Å². The van der Waals surface area contributed by atoms with Crippen LogP contribution in [0.1, 0.15) is 29.3 Å². The first kappa shape index (κ1) is 16.8. The third-order valence-electron chi connectivity index (χ3n) is 3.21. The number of carbonyl (C=O) groups is 2. The van der Waals surface area contributed by atoms with Crippen LogP contribution in [-0.4, -0.2) is 29.9 Å². The summed E-state index contributed by atoms with van der Waals surface area (Å²) in [4.78, 5) is 30.7. The summed E-state index contributed by atoms with van der Waals surface area (Å²) in [6.45, 7) is 2.89. The molecule has 0 fully saturated rings. The van der Waals surface area contributed by atoms with Gasteiger partial charge in [0.05, 0.1) is 18.4 Å². The zero-order valence-electron chi connectivity index (χ0n) is 13.0. The van der Waals surface area contributed by atoms with Crippen molar-refractivity contribution in [2.24, 2.45) is 0 Å². The van der Waals surface area contributed by atoms with Gasteiger partial charge in [0, 0.05) is 19.5 Å². The predicted molar refractivity (Wildman–Crippen MR) is 84.3 cm³/mol. The summed E-state index contributed by atoms with van der Waals surface area (Å²) in [6.07, 6.45) is 3.02. The van der Waals surface area contributed by atoms with Crippen LogP contribution < -0.4 is 5.48 Å². The zero-order chi connectivity index (χ0) is 16.5. The average molecular weight is 316 g/mol. The first-order valence-electron chi connectivity index (χ1n) is 7.46. The Balaban J connectivity index is 2.02. The highest BCUT2D eigenvalue weighted by atomic mass is 16.6. The van der Waals surface area contributed by atoms with Crippen molar-refractivity contribution in [3.8, 4) is 0 Å². The molecule has 6 nitrogen and oxygen atoms in total. The summed E-state index contributed by atoms with van der Waals surface area (Å²) in [5.41, 5.74) is 3.79. The SMILES string of the molecule is CCONC(=O)CCN(Cc1ccccc1)C(=O)c1ccoc1. The molecule has 0 atom stereocenters. The topological polar surface area (TPSA) is 71.8 Å². The molecule has 2 amide bonds. The van der Waals surface area contributed by atoms with Crippen LogP contribution in [0.4, 0.5) is 0 Å². The van der Waals surface area contributed by atoms with Crippen LogP contribution in [0.2, 0.25) is 0 Å². The van der Waals surface area contributed by atoms with Crippen LogP contribution in [0.15, 0.2) is 53.3 Å². The fourth-order valence-electron chi connectivity index (χ4n) is 2.07. The van der Waals surface area contributed by atoms with E-state index >= 15 is 0 Å². The Labute approximate surface area is 135 Å². The van der Waals surface area contributed by atoms with Crippen molar-refractivity contribution in [1.29, 1.82) is 0 Å². The van der Waals surface area contributed by atoms with Gasteiger partial charge in [0.15, 0.2) is 0 Å². The molecule has 0 aliphatic carbocycles. The number of hydroxylamine groups is 1. The van der Waals surface area contributed by atoms with Crippen molar-refractivity contribution in [3.05, 3.63) is 60.1 Å². The normalized spacial score (nSPS) is 10.3. The Hall–Kier alpha value is -2.60. The van der Waals surface area contributed by atoms with Crippen molar-refractivity contribution in [2.45, 2.75) is 19.9 Å². The number of rotatable bonds is 8. The molecule has 2 rings (SSSR count). The van der Waals surface area contributed by atoms with Gasteiger partial charge >= 0.3 is 0 Å². The maximum atomic E-state index is 12.5. The van der Waals surface area contributed by atoms with Gasteiger partial charge in [0.2, 0.25) is 5.91 Å². The van der Waals surface area contributed by atoms with E-state index in [1.165, 1.54) is 12.5 Å². The maximum absolute atomic E-state index is 12.5. The molecule has 0 saturated heterocycles. The molecule has 0 aliphatic rings. The minimum Gasteiger partial charge on any atom is -0.472 e. The molecule has 122 valence electrons. The molecule has 0 unspecified atom stereocenters. The van der Waals surface area contributed by atoms with E-state index in [-0.39, 0.29) is 24.8 Å². The Bertz CT molecular complexity index is 611. The second kappa shape index (κ2) is 8.75. The zero-order valence-corrected chi connectivity index (χ0v) is 13.0. The van der Waals surface area contributed by atoms with Gasteiger partial charge in [-0.2, -0.15) is 0 Å². The number of nitrogens with zero attached hydrogens (tertiary/aromatic N) is 1. The van der Waals surface area contributed by atoms with E-state index in [1.54, 1.807) is 17.9 Å².